The maximum absolute atomic E-state index is 6.17. The third kappa shape index (κ3) is 2.06. The number of hydrogen-bond donors (Lipinski definition) is 1. The molecule has 0 bridgehead atoms. The molecule has 0 heterocycles. The lowest BCUT2D eigenvalue weighted by Gasteiger charge is -2.38. The van der Waals surface area contributed by atoms with Crippen LogP contribution in [0.4, 0.5) is 0 Å². The first-order valence-electron chi connectivity index (χ1n) is 6.53. The van der Waals surface area contributed by atoms with Gasteiger partial charge in [-0.2, -0.15) is 0 Å². The monoisotopic (exact) mass is 239 g/mol. The second-order valence-electron chi connectivity index (χ2n) is 5.06. The first-order chi connectivity index (χ1) is 8.71. The Labute approximate surface area is 110 Å². The molecular weight excluding hydrogens is 218 g/mol. The summed E-state index contributed by atoms with van der Waals surface area (Å²) >= 11 is 0. The van der Waals surface area contributed by atoms with Crippen molar-refractivity contribution in [1.82, 2.24) is 0 Å². The van der Waals surface area contributed by atoms with Crippen molar-refractivity contribution >= 4 is 0 Å². The molecular formula is C17H21N. The largest absolute Gasteiger partial charge is 0.329 e. The van der Waals surface area contributed by atoms with Crippen molar-refractivity contribution in [3.05, 3.63) is 71.8 Å². The fraction of sp³-hybridized carbons (Fsp3) is 0.294. The van der Waals surface area contributed by atoms with Crippen LogP contribution in [0.15, 0.2) is 60.7 Å². The number of hydrogen-bond acceptors (Lipinski definition) is 1. The zero-order chi connectivity index (χ0) is 13.0. The molecule has 0 aliphatic carbocycles. The smallest absolute Gasteiger partial charge is 0.0347 e. The number of rotatable bonds is 4. The van der Waals surface area contributed by atoms with Gasteiger partial charge in [0.05, 0.1) is 0 Å². The van der Waals surface area contributed by atoms with Crippen molar-refractivity contribution in [3.63, 3.8) is 0 Å². The quantitative estimate of drug-likeness (QED) is 0.867. The summed E-state index contributed by atoms with van der Waals surface area (Å²) in [5.74, 6) is 0.451. The molecule has 0 atom stereocenters. The lowest BCUT2D eigenvalue weighted by molar-refractivity contribution is 0.379. The van der Waals surface area contributed by atoms with Gasteiger partial charge in [-0.25, -0.2) is 0 Å². The van der Waals surface area contributed by atoms with Crippen LogP contribution >= 0.6 is 0 Å². The van der Waals surface area contributed by atoms with Gasteiger partial charge < -0.3 is 5.73 Å². The second-order valence-corrected chi connectivity index (χ2v) is 5.06. The molecule has 94 valence electrons. The molecule has 0 fully saturated rings. The molecule has 0 saturated heterocycles. The van der Waals surface area contributed by atoms with Crippen LogP contribution in [0.5, 0.6) is 0 Å². The van der Waals surface area contributed by atoms with Gasteiger partial charge in [-0.1, -0.05) is 74.5 Å². The molecule has 0 unspecified atom stereocenters. The summed E-state index contributed by atoms with van der Waals surface area (Å²) in [6.07, 6.45) is 0. The SMILES string of the molecule is CC(C)C(CN)(c1ccccc1)c1ccccc1. The Morgan fingerprint density at radius 1 is 0.833 bits per heavy atom. The van der Waals surface area contributed by atoms with E-state index in [1.165, 1.54) is 11.1 Å². The van der Waals surface area contributed by atoms with Gasteiger partial charge in [-0.05, 0) is 17.0 Å². The average molecular weight is 239 g/mol. The minimum atomic E-state index is -0.0947. The molecule has 2 N–H and O–H groups in total. The Kier molecular flexibility index (Phi) is 3.83. The van der Waals surface area contributed by atoms with Crippen molar-refractivity contribution < 1.29 is 0 Å². The van der Waals surface area contributed by atoms with E-state index >= 15 is 0 Å². The number of benzene rings is 2. The fourth-order valence-corrected chi connectivity index (χ4v) is 2.78. The Morgan fingerprint density at radius 2 is 1.22 bits per heavy atom. The Hall–Kier alpha value is -1.60. The van der Waals surface area contributed by atoms with Gasteiger partial charge in [-0.15, -0.1) is 0 Å². The predicted molar refractivity (Wildman–Crippen MR) is 77.6 cm³/mol. The average Bonchev–Trinajstić information content (AvgIpc) is 2.42. The van der Waals surface area contributed by atoms with Crippen LogP contribution in [0, 0.1) is 5.92 Å². The van der Waals surface area contributed by atoms with Crippen molar-refractivity contribution in [2.75, 3.05) is 6.54 Å². The zero-order valence-electron chi connectivity index (χ0n) is 11.1. The number of nitrogens with two attached hydrogens (primary N) is 1. The summed E-state index contributed by atoms with van der Waals surface area (Å²) in [5, 5.41) is 0. The molecule has 0 spiro atoms. The van der Waals surface area contributed by atoms with Crippen LogP contribution < -0.4 is 5.73 Å². The lowest BCUT2D eigenvalue weighted by atomic mass is 9.67. The topological polar surface area (TPSA) is 26.0 Å². The van der Waals surface area contributed by atoms with Gasteiger partial charge in [0.1, 0.15) is 0 Å². The van der Waals surface area contributed by atoms with Gasteiger partial charge in [0, 0.05) is 12.0 Å². The summed E-state index contributed by atoms with van der Waals surface area (Å²) in [7, 11) is 0. The van der Waals surface area contributed by atoms with E-state index < -0.39 is 0 Å². The molecule has 18 heavy (non-hydrogen) atoms. The van der Waals surface area contributed by atoms with Crippen molar-refractivity contribution in [3.8, 4) is 0 Å². The highest BCUT2D eigenvalue weighted by molar-refractivity contribution is 5.40. The van der Waals surface area contributed by atoms with Crippen molar-refractivity contribution in [2.24, 2.45) is 11.7 Å². The van der Waals surface area contributed by atoms with Gasteiger partial charge in [-0.3, -0.25) is 0 Å². The Balaban J connectivity index is 2.61. The third-order valence-corrected chi connectivity index (χ3v) is 3.89. The molecule has 0 saturated carbocycles. The van der Waals surface area contributed by atoms with Gasteiger partial charge in [0.25, 0.3) is 0 Å². The highest BCUT2D eigenvalue weighted by Crippen LogP contribution is 2.38. The van der Waals surface area contributed by atoms with E-state index in [2.05, 4.69) is 74.5 Å². The van der Waals surface area contributed by atoms with Crippen molar-refractivity contribution in [1.29, 1.82) is 0 Å². The molecule has 2 aromatic rings. The highest BCUT2D eigenvalue weighted by atomic mass is 14.6. The van der Waals surface area contributed by atoms with Gasteiger partial charge in [0.15, 0.2) is 0 Å². The molecule has 0 radical (unpaired) electrons. The maximum atomic E-state index is 6.17. The first-order valence-corrected chi connectivity index (χ1v) is 6.53. The molecule has 0 aromatic heterocycles. The van der Waals surface area contributed by atoms with Crippen LogP contribution in [0.1, 0.15) is 25.0 Å². The van der Waals surface area contributed by atoms with E-state index in [1.807, 2.05) is 0 Å². The zero-order valence-corrected chi connectivity index (χ0v) is 11.1. The van der Waals surface area contributed by atoms with E-state index in [4.69, 9.17) is 5.73 Å². The lowest BCUT2D eigenvalue weighted by Crippen LogP contribution is -2.41. The predicted octanol–water partition coefficient (Wildman–Crippen LogP) is 3.59. The molecule has 2 rings (SSSR count). The maximum Gasteiger partial charge on any atom is 0.0347 e. The van der Waals surface area contributed by atoms with Crippen LogP contribution in [-0.2, 0) is 5.41 Å². The Morgan fingerprint density at radius 3 is 1.50 bits per heavy atom. The minimum absolute atomic E-state index is 0.0947. The van der Waals surface area contributed by atoms with Crippen LogP contribution in [0.3, 0.4) is 0 Å². The van der Waals surface area contributed by atoms with Gasteiger partial charge in [0.2, 0.25) is 0 Å². The van der Waals surface area contributed by atoms with E-state index in [1.54, 1.807) is 0 Å². The fourth-order valence-electron chi connectivity index (χ4n) is 2.78. The van der Waals surface area contributed by atoms with E-state index in [0.717, 1.165) is 0 Å². The summed E-state index contributed by atoms with van der Waals surface area (Å²) in [4.78, 5) is 0. The summed E-state index contributed by atoms with van der Waals surface area (Å²) in [6, 6.07) is 21.2. The second kappa shape index (κ2) is 5.36. The van der Waals surface area contributed by atoms with Crippen LogP contribution in [-0.4, -0.2) is 6.54 Å². The van der Waals surface area contributed by atoms with Crippen LogP contribution in [0.25, 0.3) is 0 Å². The van der Waals surface area contributed by atoms with Gasteiger partial charge >= 0.3 is 0 Å². The molecule has 0 aliphatic rings. The first kappa shape index (κ1) is 12.8. The van der Waals surface area contributed by atoms with E-state index in [0.29, 0.717) is 12.5 Å². The molecule has 2 aromatic carbocycles. The third-order valence-electron chi connectivity index (χ3n) is 3.89. The van der Waals surface area contributed by atoms with E-state index in [9.17, 15) is 0 Å². The Bertz CT molecular complexity index is 434. The molecule has 1 nitrogen and oxygen atoms in total. The summed E-state index contributed by atoms with van der Waals surface area (Å²) in [5.41, 5.74) is 8.68. The normalized spacial score (nSPS) is 11.8. The highest BCUT2D eigenvalue weighted by Gasteiger charge is 2.35. The van der Waals surface area contributed by atoms with Crippen LogP contribution in [0.2, 0.25) is 0 Å². The summed E-state index contributed by atoms with van der Waals surface area (Å²) in [6.45, 7) is 5.11. The molecule has 0 amide bonds. The minimum Gasteiger partial charge on any atom is -0.329 e. The summed E-state index contributed by atoms with van der Waals surface area (Å²) < 4.78 is 0. The molecule has 0 aliphatic heterocycles. The van der Waals surface area contributed by atoms with E-state index in [-0.39, 0.29) is 5.41 Å². The molecule has 1 heteroatoms. The standard InChI is InChI=1S/C17H21N/c1-14(2)17(13-18,15-9-5-3-6-10-15)16-11-7-4-8-12-16/h3-12,14H,13,18H2,1-2H3. The van der Waals surface area contributed by atoms with Crippen molar-refractivity contribution in [2.45, 2.75) is 19.3 Å².